The summed E-state index contributed by atoms with van der Waals surface area (Å²) in [6.45, 7) is 4.51. The minimum absolute atomic E-state index is 0.335. The zero-order valence-electron chi connectivity index (χ0n) is 7.59. The highest BCUT2D eigenvalue weighted by Gasteiger charge is 2.16. The van der Waals surface area contributed by atoms with Gasteiger partial charge in [-0.25, -0.2) is 0 Å². The van der Waals surface area contributed by atoms with Crippen LogP contribution < -0.4 is 0 Å². The van der Waals surface area contributed by atoms with Gasteiger partial charge in [-0.15, -0.1) is 0 Å². The van der Waals surface area contributed by atoms with Crippen molar-refractivity contribution in [3.05, 3.63) is 35.9 Å². The highest BCUT2D eigenvalue weighted by Crippen LogP contribution is 2.22. The first-order chi connectivity index (χ1) is 5.17. The SMILES string of the molecule is BC(C)(CC)c1ccccc1. The summed E-state index contributed by atoms with van der Waals surface area (Å²) in [5, 5.41) is 0.335. The molecule has 0 spiro atoms. The summed E-state index contributed by atoms with van der Waals surface area (Å²) >= 11 is 0. The van der Waals surface area contributed by atoms with Gasteiger partial charge in [-0.3, -0.25) is 0 Å². The standard InChI is InChI=1S/C10H15B/c1-3-10(2,11)9-7-5-4-6-8-9/h4-8H,3,11H2,1-2H3. The number of hydrogen-bond donors (Lipinski definition) is 0. The number of rotatable bonds is 2. The van der Waals surface area contributed by atoms with Gasteiger partial charge in [-0.2, -0.15) is 0 Å². The maximum Gasteiger partial charge on any atom is 0.114 e. The summed E-state index contributed by atoms with van der Waals surface area (Å²) in [4.78, 5) is 0. The Kier molecular flexibility index (Phi) is 2.38. The average Bonchev–Trinajstić information content (AvgIpc) is 2.06. The Morgan fingerprint density at radius 2 is 1.82 bits per heavy atom. The molecular formula is C10H15B. The zero-order chi connectivity index (χ0) is 8.32. The molecule has 0 aliphatic carbocycles. The van der Waals surface area contributed by atoms with Crippen molar-refractivity contribution in [1.29, 1.82) is 0 Å². The van der Waals surface area contributed by atoms with E-state index in [0.717, 1.165) is 0 Å². The quantitative estimate of drug-likeness (QED) is 0.559. The van der Waals surface area contributed by atoms with Gasteiger partial charge in [0.25, 0.3) is 0 Å². The summed E-state index contributed by atoms with van der Waals surface area (Å²) in [7, 11) is 2.28. The van der Waals surface area contributed by atoms with Crippen molar-refractivity contribution in [2.75, 3.05) is 0 Å². The predicted octanol–water partition coefficient (Wildman–Crippen LogP) is 1.94. The van der Waals surface area contributed by atoms with Crippen molar-refractivity contribution in [3.63, 3.8) is 0 Å². The fourth-order valence-corrected chi connectivity index (χ4v) is 1.09. The molecule has 0 saturated carbocycles. The molecule has 0 N–H and O–H groups in total. The Morgan fingerprint density at radius 1 is 1.27 bits per heavy atom. The van der Waals surface area contributed by atoms with E-state index in [1.165, 1.54) is 12.0 Å². The molecule has 0 aliphatic heterocycles. The van der Waals surface area contributed by atoms with Gasteiger partial charge < -0.3 is 0 Å². The highest BCUT2D eigenvalue weighted by molar-refractivity contribution is 6.15. The smallest absolute Gasteiger partial charge is 0.0652 e. The van der Waals surface area contributed by atoms with Crippen LogP contribution in [0.5, 0.6) is 0 Å². The zero-order valence-corrected chi connectivity index (χ0v) is 7.59. The third-order valence-corrected chi connectivity index (χ3v) is 2.44. The third-order valence-electron chi connectivity index (χ3n) is 2.44. The maximum absolute atomic E-state index is 2.28. The van der Waals surface area contributed by atoms with Crippen LogP contribution in [0.3, 0.4) is 0 Å². The second kappa shape index (κ2) is 3.12. The summed E-state index contributed by atoms with van der Waals surface area (Å²) < 4.78 is 0. The molecule has 0 saturated heterocycles. The van der Waals surface area contributed by atoms with Crippen molar-refractivity contribution in [2.45, 2.75) is 25.6 Å². The Morgan fingerprint density at radius 3 is 2.27 bits per heavy atom. The predicted molar refractivity (Wildman–Crippen MR) is 52.6 cm³/mol. The number of benzene rings is 1. The van der Waals surface area contributed by atoms with Crippen molar-refractivity contribution < 1.29 is 0 Å². The lowest BCUT2D eigenvalue weighted by atomic mass is 9.64. The van der Waals surface area contributed by atoms with Crippen LogP contribution in [0.25, 0.3) is 0 Å². The molecule has 1 aromatic carbocycles. The summed E-state index contributed by atoms with van der Waals surface area (Å²) in [6, 6.07) is 10.7. The van der Waals surface area contributed by atoms with E-state index in [4.69, 9.17) is 0 Å². The molecule has 11 heavy (non-hydrogen) atoms. The highest BCUT2D eigenvalue weighted by atomic mass is 14.1. The van der Waals surface area contributed by atoms with Gasteiger partial charge in [-0.05, 0) is 5.31 Å². The van der Waals surface area contributed by atoms with Crippen molar-refractivity contribution in [2.24, 2.45) is 0 Å². The minimum Gasteiger partial charge on any atom is -0.0652 e. The first-order valence-electron chi connectivity index (χ1n) is 4.22. The van der Waals surface area contributed by atoms with Crippen LogP contribution in [0.2, 0.25) is 0 Å². The van der Waals surface area contributed by atoms with Gasteiger partial charge in [0.05, 0.1) is 0 Å². The van der Waals surface area contributed by atoms with Gasteiger partial charge in [0.15, 0.2) is 0 Å². The van der Waals surface area contributed by atoms with Crippen LogP contribution in [-0.4, -0.2) is 7.85 Å². The van der Waals surface area contributed by atoms with Gasteiger partial charge >= 0.3 is 0 Å². The first kappa shape index (κ1) is 8.38. The lowest BCUT2D eigenvalue weighted by molar-refractivity contribution is 0.649. The van der Waals surface area contributed by atoms with Crippen LogP contribution in [0.15, 0.2) is 30.3 Å². The molecule has 0 nitrogen and oxygen atoms in total. The van der Waals surface area contributed by atoms with Crippen LogP contribution >= 0.6 is 0 Å². The van der Waals surface area contributed by atoms with Gasteiger partial charge in [-0.1, -0.05) is 56.2 Å². The maximum atomic E-state index is 2.28. The van der Waals surface area contributed by atoms with Gasteiger partial charge in [0, 0.05) is 0 Å². The van der Waals surface area contributed by atoms with E-state index in [1.807, 2.05) is 0 Å². The van der Waals surface area contributed by atoms with E-state index in [-0.39, 0.29) is 0 Å². The van der Waals surface area contributed by atoms with E-state index in [0.29, 0.717) is 5.31 Å². The molecule has 1 aromatic rings. The van der Waals surface area contributed by atoms with Crippen LogP contribution in [0.1, 0.15) is 25.8 Å². The third kappa shape index (κ3) is 1.86. The van der Waals surface area contributed by atoms with Gasteiger partial charge in [0.2, 0.25) is 0 Å². The lowest BCUT2D eigenvalue weighted by Gasteiger charge is -2.22. The molecule has 0 amide bonds. The second-order valence-corrected chi connectivity index (χ2v) is 3.60. The van der Waals surface area contributed by atoms with E-state index in [1.54, 1.807) is 0 Å². The summed E-state index contributed by atoms with van der Waals surface area (Å²) in [5.74, 6) is 0. The summed E-state index contributed by atoms with van der Waals surface area (Å²) in [6.07, 6.45) is 1.19. The van der Waals surface area contributed by atoms with Crippen molar-refractivity contribution in [1.82, 2.24) is 0 Å². The van der Waals surface area contributed by atoms with E-state index in [2.05, 4.69) is 52.0 Å². The van der Waals surface area contributed by atoms with Crippen molar-refractivity contribution in [3.8, 4) is 0 Å². The Bertz CT molecular complexity index is 214. The fraction of sp³-hybridized carbons (Fsp3) is 0.400. The fourth-order valence-electron chi connectivity index (χ4n) is 1.09. The van der Waals surface area contributed by atoms with E-state index >= 15 is 0 Å². The molecule has 0 aromatic heterocycles. The van der Waals surface area contributed by atoms with Crippen LogP contribution in [0.4, 0.5) is 0 Å². The molecule has 1 atom stereocenters. The lowest BCUT2D eigenvalue weighted by Crippen LogP contribution is -2.20. The topological polar surface area (TPSA) is 0 Å². The molecule has 0 radical (unpaired) electrons. The molecule has 58 valence electrons. The molecule has 1 rings (SSSR count). The van der Waals surface area contributed by atoms with Crippen LogP contribution in [0, 0.1) is 0 Å². The Balaban J connectivity index is 2.93. The molecule has 0 aliphatic rings. The molecule has 0 heterocycles. The number of hydrogen-bond acceptors (Lipinski definition) is 0. The van der Waals surface area contributed by atoms with Crippen molar-refractivity contribution >= 4 is 7.85 Å². The molecule has 1 heteroatoms. The molecular weight excluding hydrogens is 131 g/mol. The van der Waals surface area contributed by atoms with E-state index < -0.39 is 0 Å². The normalized spacial score (nSPS) is 15.8. The Labute approximate surface area is 70.0 Å². The van der Waals surface area contributed by atoms with Crippen LogP contribution in [-0.2, 0) is 5.31 Å². The minimum atomic E-state index is 0.335. The average molecular weight is 146 g/mol. The summed E-state index contributed by atoms with van der Waals surface area (Å²) in [5.41, 5.74) is 1.43. The largest absolute Gasteiger partial charge is 0.114 e. The second-order valence-electron chi connectivity index (χ2n) is 3.60. The monoisotopic (exact) mass is 146 g/mol. The molecule has 0 bridgehead atoms. The van der Waals surface area contributed by atoms with E-state index in [9.17, 15) is 0 Å². The van der Waals surface area contributed by atoms with Gasteiger partial charge in [0.1, 0.15) is 7.85 Å². The molecule has 0 fully saturated rings. The Hall–Kier alpha value is -0.715. The molecule has 1 unspecified atom stereocenters. The first-order valence-corrected chi connectivity index (χ1v) is 4.22.